The van der Waals surface area contributed by atoms with Crippen LogP contribution in [0.4, 0.5) is 10.5 Å². The highest BCUT2D eigenvalue weighted by Gasteiger charge is 2.39. The van der Waals surface area contributed by atoms with Gasteiger partial charge < -0.3 is 31.7 Å². The number of carboxylic acids is 1. The maximum Gasteiger partial charge on any atom is 0.335 e. The third-order valence-electron chi connectivity index (χ3n) is 7.36. The molecule has 4 amide bonds. The number of nitrogens with two attached hydrogens (primary N) is 2. The van der Waals surface area contributed by atoms with E-state index in [4.69, 9.17) is 16.6 Å². The van der Waals surface area contributed by atoms with Gasteiger partial charge in [0.2, 0.25) is 12.3 Å². The molecule has 1 aromatic rings. The van der Waals surface area contributed by atoms with Crippen LogP contribution in [0.2, 0.25) is 0 Å². The van der Waals surface area contributed by atoms with Crippen LogP contribution in [0.1, 0.15) is 48.9 Å². The van der Waals surface area contributed by atoms with E-state index in [1.54, 1.807) is 4.90 Å². The number of nitrogens with zero attached hydrogens (tertiary/aromatic N) is 3. The zero-order chi connectivity index (χ0) is 26.1. The first kappa shape index (κ1) is 27.4. The summed E-state index contributed by atoms with van der Waals surface area (Å²) in [6.07, 6.45) is 8.22. The van der Waals surface area contributed by atoms with Gasteiger partial charge in [0.25, 0.3) is 0 Å². The van der Waals surface area contributed by atoms with Gasteiger partial charge in [0, 0.05) is 44.5 Å². The predicted octanol–water partition coefficient (Wildman–Crippen LogP) is 1.14. The van der Waals surface area contributed by atoms with Gasteiger partial charge in [-0.3, -0.25) is 14.5 Å². The molecule has 1 aliphatic carbocycles. The molecule has 3 fully saturated rings. The number of piperazine rings is 1. The average Bonchev–Trinajstić information content (AvgIpc) is 3.35. The topological polar surface area (TPSA) is 162 Å². The third-order valence-corrected chi connectivity index (χ3v) is 7.36. The van der Waals surface area contributed by atoms with Crippen LogP contribution in [-0.4, -0.2) is 95.5 Å². The highest BCUT2D eigenvalue weighted by molar-refractivity contribution is 5.96. The number of carboxylic acid groups (broad SMARTS) is 1. The van der Waals surface area contributed by atoms with Crippen molar-refractivity contribution in [3.05, 3.63) is 29.8 Å². The van der Waals surface area contributed by atoms with Gasteiger partial charge in [-0.2, -0.15) is 0 Å². The Bertz CT molecular complexity index is 897. The standard InChI is InChI=1S/C18H23N5O5.C7H15N/c19-18(28)22-7-5-21(6-8-22)14-9-15(23(10-14)11-24)16(25)20-13-3-1-12(2-4-13)17(26)27;8-6-7-4-2-1-3-5-7/h1-4,11,14-15H,5-10H2,(H2,19,28)(H,20,25)(H,26,27);7H,1-6,8H2. The molecule has 1 aromatic carbocycles. The van der Waals surface area contributed by atoms with Crippen molar-refractivity contribution in [1.29, 1.82) is 0 Å². The van der Waals surface area contributed by atoms with Crippen molar-refractivity contribution in [2.24, 2.45) is 17.4 Å². The van der Waals surface area contributed by atoms with Crippen molar-refractivity contribution < 1.29 is 24.3 Å². The maximum atomic E-state index is 12.7. The van der Waals surface area contributed by atoms with E-state index in [-0.39, 0.29) is 17.5 Å². The van der Waals surface area contributed by atoms with E-state index in [2.05, 4.69) is 10.2 Å². The summed E-state index contributed by atoms with van der Waals surface area (Å²) in [5.74, 6) is -0.489. The molecule has 6 N–H and O–H groups in total. The Kier molecular flexibility index (Phi) is 10.1. The lowest BCUT2D eigenvalue weighted by atomic mass is 9.90. The predicted molar refractivity (Wildman–Crippen MR) is 135 cm³/mol. The quantitative estimate of drug-likeness (QED) is 0.424. The van der Waals surface area contributed by atoms with Crippen LogP contribution in [-0.2, 0) is 9.59 Å². The molecule has 2 aliphatic heterocycles. The summed E-state index contributed by atoms with van der Waals surface area (Å²) in [6, 6.07) is 4.84. The van der Waals surface area contributed by atoms with E-state index in [1.165, 1.54) is 61.3 Å². The largest absolute Gasteiger partial charge is 0.478 e. The first-order valence-electron chi connectivity index (χ1n) is 12.7. The fraction of sp³-hybridized carbons (Fsp3) is 0.600. The van der Waals surface area contributed by atoms with Crippen LogP contribution in [0.15, 0.2) is 24.3 Å². The van der Waals surface area contributed by atoms with Gasteiger partial charge in [-0.05, 0) is 56.0 Å². The summed E-state index contributed by atoms with van der Waals surface area (Å²) >= 11 is 0. The van der Waals surface area contributed by atoms with Gasteiger partial charge >= 0.3 is 12.0 Å². The first-order valence-corrected chi connectivity index (χ1v) is 12.7. The van der Waals surface area contributed by atoms with Crippen molar-refractivity contribution in [1.82, 2.24) is 14.7 Å². The van der Waals surface area contributed by atoms with E-state index in [0.29, 0.717) is 51.2 Å². The van der Waals surface area contributed by atoms with Crippen LogP contribution in [0.5, 0.6) is 0 Å². The van der Waals surface area contributed by atoms with E-state index >= 15 is 0 Å². The molecular formula is C25H38N6O5. The molecule has 198 valence electrons. The molecule has 0 bridgehead atoms. The molecule has 11 nitrogen and oxygen atoms in total. The minimum atomic E-state index is -1.04. The maximum absolute atomic E-state index is 12.7. The van der Waals surface area contributed by atoms with Crippen LogP contribution in [0, 0.1) is 5.92 Å². The number of aromatic carboxylic acids is 1. The number of nitrogens with one attached hydrogen (secondary N) is 1. The Balaban J connectivity index is 0.000000383. The summed E-state index contributed by atoms with van der Waals surface area (Å²) in [7, 11) is 0. The highest BCUT2D eigenvalue weighted by atomic mass is 16.4. The van der Waals surface area contributed by atoms with Gasteiger partial charge in [0.15, 0.2) is 0 Å². The lowest BCUT2D eigenvalue weighted by Gasteiger charge is -2.37. The van der Waals surface area contributed by atoms with Crippen LogP contribution >= 0.6 is 0 Å². The zero-order valence-electron chi connectivity index (χ0n) is 20.7. The highest BCUT2D eigenvalue weighted by Crippen LogP contribution is 2.24. The lowest BCUT2D eigenvalue weighted by Crippen LogP contribution is -2.53. The Morgan fingerprint density at radius 2 is 1.67 bits per heavy atom. The van der Waals surface area contributed by atoms with Gasteiger partial charge in [-0.25, -0.2) is 9.59 Å². The molecule has 2 unspecified atom stereocenters. The molecule has 2 heterocycles. The van der Waals surface area contributed by atoms with Gasteiger partial charge in [-0.15, -0.1) is 0 Å². The number of amides is 4. The number of carbonyl (C=O) groups is 4. The normalized spacial score (nSPS) is 22.9. The van der Waals surface area contributed by atoms with Gasteiger partial charge in [0.05, 0.1) is 5.56 Å². The molecule has 11 heteroatoms. The summed E-state index contributed by atoms with van der Waals surface area (Å²) in [6.45, 7) is 3.70. The number of hydrogen-bond donors (Lipinski definition) is 4. The number of primary amides is 1. The van der Waals surface area contributed by atoms with Gasteiger partial charge in [-0.1, -0.05) is 19.3 Å². The Morgan fingerprint density at radius 1 is 1.03 bits per heavy atom. The van der Waals surface area contributed by atoms with E-state index < -0.39 is 18.0 Å². The second kappa shape index (κ2) is 13.2. The van der Waals surface area contributed by atoms with Crippen LogP contribution in [0.25, 0.3) is 0 Å². The van der Waals surface area contributed by atoms with Crippen molar-refractivity contribution >= 4 is 30.0 Å². The fourth-order valence-corrected chi connectivity index (χ4v) is 5.13. The van der Waals surface area contributed by atoms with Crippen molar-refractivity contribution in [3.63, 3.8) is 0 Å². The first-order chi connectivity index (χ1) is 17.3. The minimum absolute atomic E-state index is 0.0327. The van der Waals surface area contributed by atoms with Crippen molar-refractivity contribution in [3.8, 4) is 0 Å². The summed E-state index contributed by atoms with van der Waals surface area (Å²) in [5.41, 5.74) is 11.4. The average molecular weight is 503 g/mol. The lowest BCUT2D eigenvalue weighted by molar-refractivity contribution is -0.127. The smallest absolute Gasteiger partial charge is 0.335 e. The number of urea groups is 1. The molecule has 1 saturated carbocycles. The Morgan fingerprint density at radius 3 is 2.17 bits per heavy atom. The number of likely N-dealkylation sites (tertiary alicyclic amines) is 1. The number of benzene rings is 1. The van der Waals surface area contributed by atoms with Gasteiger partial charge in [0.1, 0.15) is 6.04 Å². The molecule has 3 aliphatic rings. The van der Waals surface area contributed by atoms with Crippen molar-refractivity contribution in [2.75, 3.05) is 44.6 Å². The monoisotopic (exact) mass is 502 g/mol. The Labute approximate surface area is 211 Å². The van der Waals surface area contributed by atoms with Crippen LogP contribution in [0.3, 0.4) is 0 Å². The molecule has 0 aromatic heterocycles. The third kappa shape index (κ3) is 7.41. The molecule has 2 saturated heterocycles. The van der Waals surface area contributed by atoms with Crippen molar-refractivity contribution in [2.45, 2.75) is 50.6 Å². The number of carbonyl (C=O) groups excluding carboxylic acids is 3. The second-order valence-corrected chi connectivity index (χ2v) is 9.68. The summed E-state index contributed by atoms with van der Waals surface area (Å²) in [4.78, 5) is 51.5. The summed E-state index contributed by atoms with van der Waals surface area (Å²) in [5, 5.41) is 11.7. The SMILES string of the molecule is NC(=O)N1CCN(C2CC(C(=O)Nc3ccc(C(=O)O)cc3)N(C=O)C2)CC1.NCC1CCCCC1. The fourth-order valence-electron chi connectivity index (χ4n) is 5.13. The second-order valence-electron chi connectivity index (χ2n) is 9.68. The van der Waals surface area contributed by atoms with E-state index in [1.807, 2.05) is 0 Å². The van der Waals surface area contributed by atoms with E-state index in [0.717, 1.165) is 12.5 Å². The molecule has 36 heavy (non-hydrogen) atoms. The summed E-state index contributed by atoms with van der Waals surface area (Å²) < 4.78 is 0. The number of hydrogen-bond acceptors (Lipinski definition) is 6. The Hall–Kier alpha value is -3.18. The molecule has 0 spiro atoms. The minimum Gasteiger partial charge on any atom is -0.478 e. The zero-order valence-corrected chi connectivity index (χ0v) is 20.7. The molecular weight excluding hydrogens is 464 g/mol. The number of rotatable bonds is 6. The molecule has 0 radical (unpaired) electrons. The number of anilines is 1. The molecule has 4 rings (SSSR count). The molecule has 2 atom stereocenters. The van der Waals surface area contributed by atoms with Crippen LogP contribution < -0.4 is 16.8 Å². The van der Waals surface area contributed by atoms with E-state index in [9.17, 15) is 19.2 Å².